The van der Waals surface area contributed by atoms with Crippen molar-refractivity contribution in [1.82, 2.24) is 0 Å². The number of rotatable bonds is 5. The van der Waals surface area contributed by atoms with E-state index in [0.29, 0.717) is 19.6 Å². The summed E-state index contributed by atoms with van der Waals surface area (Å²) < 4.78 is 11.2. The van der Waals surface area contributed by atoms with Gasteiger partial charge >= 0.3 is 0 Å². The van der Waals surface area contributed by atoms with Crippen molar-refractivity contribution in [2.45, 2.75) is 32.8 Å². The zero-order valence-electron chi connectivity index (χ0n) is 16.3. The van der Waals surface area contributed by atoms with Gasteiger partial charge < -0.3 is 19.7 Å². The van der Waals surface area contributed by atoms with E-state index in [2.05, 4.69) is 10.2 Å². The smallest absolute Gasteiger partial charge is 0.228 e. The van der Waals surface area contributed by atoms with Gasteiger partial charge in [-0.05, 0) is 50.6 Å². The molecule has 5 nitrogen and oxygen atoms in total. The fourth-order valence-corrected chi connectivity index (χ4v) is 3.07. The SMILES string of the molecule is CC(C)(C)Oc1ccc(CC(=O)Nc2ccccc2N2CCOCC2)cc1. The van der Waals surface area contributed by atoms with Crippen LogP contribution in [0.2, 0.25) is 0 Å². The third-order valence-electron chi connectivity index (χ3n) is 4.24. The predicted molar refractivity (Wildman–Crippen MR) is 109 cm³/mol. The van der Waals surface area contributed by atoms with Crippen LogP contribution in [0.5, 0.6) is 5.75 Å². The molecule has 1 N–H and O–H groups in total. The summed E-state index contributed by atoms with van der Waals surface area (Å²) in [6.45, 7) is 9.14. The van der Waals surface area contributed by atoms with Crippen LogP contribution in [-0.2, 0) is 16.0 Å². The Kier molecular flexibility index (Phi) is 6.01. The van der Waals surface area contributed by atoms with Crippen LogP contribution >= 0.6 is 0 Å². The largest absolute Gasteiger partial charge is 0.488 e. The first-order valence-electron chi connectivity index (χ1n) is 9.40. The molecular weight excluding hydrogens is 340 g/mol. The highest BCUT2D eigenvalue weighted by Gasteiger charge is 2.16. The third-order valence-corrected chi connectivity index (χ3v) is 4.24. The molecule has 1 aliphatic rings. The summed E-state index contributed by atoms with van der Waals surface area (Å²) in [5.74, 6) is 0.782. The number of anilines is 2. The second-order valence-electron chi connectivity index (χ2n) is 7.70. The van der Waals surface area contributed by atoms with Crippen LogP contribution in [0.1, 0.15) is 26.3 Å². The van der Waals surface area contributed by atoms with Crippen molar-refractivity contribution < 1.29 is 14.3 Å². The first-order chi connectivity index (χ1) is 12.9. The zero-order valence-corrected chi connectivity index (χ0v) is 16.3. The molecule has 1 aliphatic heterocycles. The van der Waals surface area contributed by atoms with E-state index in [1.807, 2.05) is 69.3 Å². The minimum atomic E-state index is -0.234. The monoisotopic (exact) mass is 368 g/mol. The maximum atomic E-state index is 12.5. The van der Waals surface area contributed by atoms with Gasteiger partial charge in [0.2, 0.25) is 5.91 Å². The van der Waals surface area contributed by atoms with Gasteiger partial charge in [-0.1, -0.05) is 24.3 Å². The van der Waals surface area contributed by atoms with Crippen molar-refractivity contribution in [3.63, 3.8) is 0 Å². The van der Waals surface area contributed by atoms with E-state index in [9.17, 15) is 4.79 Å². The fourth-order valence-electron chi connectivity index (χ4n) is 3.07. The quantitative estimate of drug-likeness (QED) is 0.870. The van der Waals surface area contributed by atoms with Crippen LogP contribution < -0.4 is 15.0 Å². The van der Waals surface area contributed by atoms with Crippen molar-refractivity contribution >= 4 is 17.3 Å². The standard InChI is InChI=1S/C22H28N2O3/c1-22(2,3)27-18-10-8-17(9-11-18)16-21(25)23-19-6-4-5-7-20(19)24-12-14-26-15-13-24/h4-11H,12-16H2,1-3H3,(H,23,25). The lowest BCUT2D eigenvalue weighted by Gasteiger charge is -2.30. The molecule has 3 rings (SSSR count). The van der Waals surface area contributed by atoms with Gasteiger partial charge in [-0.25, -0.2) is 0 Å². The van der Waals surface area contributed by atoms with Crippen molar-refractivity contribution in [2.24, 2.45) is 0 Å². The molecule has 0 saturated carbocycles. The molecule has 0 aliphatic carbocycles. The van der Waals surface area contributed by atoms with Gasteiger partial charge in [0.25, 0.3) is 0 Å². The lowest BCUT2D eigenvalue weighted by atomic mass is 10.1. The molecular formula is C22H28N2O3. The molecule has 5 heteroatoms. The summed E-state index contributed by atoms with van der Waals surface area (Å²) in [6.07, 6.45) is 0.327. The van der Waals surface area contributed by atoms with Crippen LogP contribution in [0.15, 0.2) is 48.5 Å². The van der Waals surface area contributed by atoms with Crippen LogP contribution in [0.3, 0.4) is 0 Å². The van der Waals surface area contributed by atoms with Gasteiger partial charge in [0, 0.05) is 13.1 Å². The van der Waals surface area contributed by atoms with Crippen LogP contribution in [0.4, 0.5) is 11.4 Å². The Morgan fingerprint density at radius 2 is 1.74 bits per heavy atom. The second-order valence-corrected chi connectivity index (χ2v) is 7.70. The van der Waals surface area contributed by atoms with Crippen molar-refractivity contribution in [1.29, 1.82) is 0 Å². The molecule has 1 fully saturated rings. The Balaban J connectivity index is 1.63. The number of para-hydroxylation sites is 2. The van der Waals surface area contributed by atoms with E-state index in [1.54, 1.807) is 0 Å². The first-order valence-corrected chi connectivity index (χ1v) is 9.40. The number of nitrogens with one attached hydrogen (secondary N) is 1. The highest BCUT2D eigenvalue weighted by Crippen LogP contribution is 2.26. The molecule has 144 valence electrons. The molecule has 1 amide bonds. The lowest BCUT2D eigenvalue weighted by Crippen LogP contribution is -2.36. The Hall–Kier alpha value is -2.53. The van der Waals surface area contributed by atoms with Crippen LogP contribution in [0, 0.1) is 0 Å². The number of hydrogen-bond acceptors (Lipinski definition) is 4. The molecule has 0 bridgehead atoms. The molecule has 0 unspecified atom stereocenters. The second kappa shape index (κ2) is 8.44. The number of morpholine rings is 1. The van der Waals surface area contributed by atoms with Crippen molar-refractivity contribution in [3.8, 4) is 5.75 Å². The fraction of sp³-hybridized carbons (Fsp3) is 0.409. The van der Waals surface area contributed by atoms with Gasteiger partial charge in [0.15, 0.2) is 0 Å². The Morgan fingerprint density at radius 1 is 1.07 bits per heavy atom. The van der Waals surface area contributed by atoms with Gasteiger partial charge in [0.05, 0.1) is 31.0 Å². The lowest BCUT2D eigenvalue weighted by molar-refractivity contribution is -0.115. The number of carbonyl (C=O) groups is 1. The van der Waals surface area contributed by atoms with Crippen LogP contribution in [0.25, 0.3) is 0 Å². The number of benzene rings is 2. The molecule has 1 saturated heterocycles. The summed E-state index contributed by atoms with van der Waals surface area (Å²) in [5.41, 5.74) is 2.61. The molecule has 0 aromatic heterocycles. The van der Waals surface area contributed by atoms with Crippen LogP contribution in [-0.4, -0.2) is 37.8 Å². The van der Waals surface area contributed by atoms with E-state index in [1.165, 1.54) is 0 Å². The number of nitrogens with zero attached hydrogens (tertiary/aromatic N) is 1. The Labute approximate surface area is 161 Å². The molecule has 0 spiro atoms. The van der Waals surface area contributed by atoms with Crippen molar-refractivity contribution in [2.75, 3.05) is 36.5 Å². The summed E-state index contributed by atoms with van der Waals surface area (Å²) in [4.78, 5) is 14.8. The van der Waals surface area contributed by atoms with Gasteiger partial charge in [-0.2, -0.15) is 0 Å². The zero-order chi connectivity index (χ0) is 19.3. The number of amides is 1. The predicted octanol–water partition coefficient (Wildman–Crippen LogP) is 3.88. The highest BCUT2D eigenvalue weighted by molar-refractivity contribution is 5.95. The number of hydrogen-bond donors (Lipinski definition) is 1. The summed E-state index contributed by atoms with van der Waals surface area (Å²) in [6, 6.07) is 15.6. The number of ether oxygens (including phenoxy) is 2. The molecule has 1 heterocycles. The Morgan fingerprint density at radius 3 is 2.41 bits per heavy atom. The maximum Gasteiger partial charge on any atom is 0.228 e. The summed E-state index contributed by atoms with van der Waals surface area (Å²) in [7, 11) is 0. The first kappa shape index (κ1) is 19.2. The minimum absolute atomic E-state index is 0.0276. The topological polar surface area (TPSA) is 50.8 Å². The van der Waals surface area contributed by atoms with Gasteiger partial charge in [0.1, 0.15) is 11.4 Å². The van der Waals surface area contributed by atoms with E-state index < -0.39 is 0 Å². The average molecular weight is 368 g/mol. The number of carbonyl (C=O) groups excluding carboxylic acids is 1. The van der Waals surface area contributed by atoms with Gasteiger partial charge in [-0.15, -0.1) is 0 Å². The maximum absolute atomic E-state index is 12.5. The summed E-state index contributed by atoms with van der Waals surface area (Å²) in [5, 5.41) is 3.06. The third kappa shape index (κ3) is 5.73. The molecule has 0 atom stereocenters. The van der Waals surface area contributed by atoms with Gasteiger partial charge in [-0.3, -0.25) is 4.79 Å². The normalized spacial score (nSPS) is 14.7. The molecule has 2 aromatic carbocycles. The molecule has 0 radical (unpaired) electrons. The minimum Gasteiger partial charge on any atom is -0.488 e. The molecule has 2 aromatic rings. The Bertz CT molecular complexity index is 760. The molecule has 27 heavy (non-hydrogen) atoms. The van der Waals surface area contributed by atoms with E-state index >= 15 is 0 Å². The average Bonchev–Trinajstić information content (AvgIpc) is 2.63. The van der Waals surface area contributed by atoms with E-state index in [4.69, 9.17) is 9.47 Å². The van der Waals surface area contributed by atoms with E-state index in [0.717, 1.165) is 35.8 Å². The van der Waals surface area contributed by atoms with Crippen molar-refractivity contribution in [3.05, 3.63) is 54.1 Å². The summed E-state index contributed by atoms with van der Waals surface area (Å²) >= 11 is 0. The van der Waals surface area contributed by atoms with E-state index in [-0.39, 0.29) is 11.5 Å². The highest BCUT2D eigenvalue weighted by atomic mass is 16.5.